The van der Waals surface area contributed by atoms with Crippen LogP contribution in [0.2, 0.25) is 5.02 Å². The summed E-state index contributed by atoms with van der Waals surface area (Å²) < 4.78 is 0. The maximum absolute atomic E-state index is 5.89. The van der Waals surface area contributed by atoms with Gasteiger partial charge in [-0.15, -0.1) is 0 Å². The number of halogens is 1. The lowest BCUT2D eigenvalue weighted by atomic mass is 10.1. The van der Waals surface area contributed by atoms with Gasteiger partial charge in [0.25, 0.3) is 0 Å². The van der Waals surface area contributed by atoms with Crippen molar-refractivity contribution in [3.05, 3.63) is 47.1 Å². The van der Waals surface area contributed by atoms with Crippen LogP contribution in [0.25, 0.3) is 22.6 Å². The van der Waals surface area contributed by atoms with Crippen molar-refractivity contribution in [1.82, 2.24) is 15.0 Å². The first kappa shape index (κ1) is 10.3. The van der Waals surface area contributed by atoms with E-state index >= 15 is 0 Å². The molecule has 0 saturated heterocycles. The molecule has 0 amide bonds. The van der Waals surface area contributed by atoms with Gasteiger partial charge in [-0.05, 0) is 18.6 Å². The Morgan fingerprint density at radius 2 is 2.06 bits per heavy atom. The second-order valence-electron chi connectivity index (χ2n) is 3.93. The molecule has 2 aromatic heterocycles. The zero-order valence-electron chi connectivity index (χ0n) is 9.24. The molecule has 3 aromatic rings. The molecule has 3 rings (SSSR count). The number of aryl methyl sites for hydroxylation is 1. The number of nitrogens with one attached hydrogen (secondary N) is 1. The maximum atomic E-state index is 5.89. The second kappa shape index (κ2) is 3.86. The number of benzene rings is 1. The molecule has 0 bridgehead atoms. The molecule has 0 fully saturated rings. The summed E-state index contributed by atoms with van der Waals surface area (Å²) in [5.41, 5.74) is 3.81. The van der Waals surface area contributed by atoms with Crippen LogP contribution >= 0.6 is 11.6 Å². The third-order valence-corrected chi connectivity index (χ3v) is 2.91. The van der Waals surface area contributed by atoms with Gasteiger partial charge in [0.2, 0.25) is 0 Å². The van der Waals surface area contributed by atoms with E-state index in [0.717, 1.165) is 16.9 Å². The lowest BCUT2D eigenvalue weighted by Crippen LogP contribution is -1.84. The Balaban J connectivity index is 2.22. The molecule has 2 heterocycles. The lowest BCUT2D eigenvalue weighted by molar-refractivity contribution is 1.28. The summed E-state index contributed by atoms with van der Waals surface area (Å²) in [5.74, 6) is 0.827. The highest BCUT2D eigenvalue weighted by Gasteiger charge is 2.08. The molecule has 0 aliphatic rings. The highest BCUT2D eigenvalue weighted by molar-refractivity contribution is 6.31. The second-order valence-corrected chi connectivity index (χ2v) is 4.36. The van der Waals surface area contributed by atoms with E-state index in [4.69, 9.17) is 11.6 Å². The van der Waals surface area contributed by atoms with Gasteiger partial charge in [0.05, 0.1) is 10.5 Å². The fourth-order valence-corrected chi connectivity index (χ4v) is 2.00. The van der Waals surface area contributed by atoms with Crippen molar-refractivity contribution in [1.29, 1.82) is 0 Å². The summed E-state index contributed by atoms with van der Waals surface area (Å²) >= 11 is 5.89. The molecule has 1 aromatic carbocycles. The van der Waals surface area contributed by atoms with E-state index in [1.807, 2.05) is 24.3 Å². The minimum atomic E-state index is 0.609. The van der Waals surface area contributed by atoms with E-state index in [1.165, 1.54) is 5.56 Å². The van der Waals surface area contributed by atoms with Crippen LogP contribution in [0, 0.1) is 6.92 Å². The molecule has 0 spiro atoms. The monoisotopic (exact) mass is 243 g/mol. The van der Waals surface area contributed by atoms with E-state index in [1.54, 1.807) is 6.20 Å². The molecule has 0 aliphatic carbocycles. The smallest absolute Gasteiger partial charge is 0.178 e. The van der Waals surface area contributed by atoms with E-state index < -0.39 is 0 Å². The topological polar surface area (TPSA) is 41.6 Å². The number of hydrogen-bond donors (Lipinski definition) is 1. The summed E-state index contributed by atoms with van der Waals surface area (Å²) in [6.45, 7) is 2.06. The van der Waals surface area contributed by atoms with Crippen LogP contribution in [-0.2, 0) is 0 Å². The van der Waals surface area contributed by atoms with Crippen molar-refractivity contribution in [2.75, 3.05) is 0 Å². The molecule has 0 saturated carbocycles. The third-order valence-electron chi connectivity index (χ3n) is 2.70. The summed E-state index contributed by atoms with van der Waals surface area (Å²) in [4.78, 5) is 11.9. The number of aromatic nitrogens is 3. The summed E-state index contributed by atoms with van der Waals surface area (Å²) in [6.07, 6.45) is 1.60. The van der Waals surface area contributed by atoms with Crippen LogP contribution in [-0.4, -0.2) is 15.0 Å². The molecular weight excluding hydrogens is 234 g/mol. The Morgan fingerprint density at radius 1 is 1.24 bits per heavy atom. The largest absolute Gasteiger partial charge is 0.337 e. The molecule has 0 radical (unpaired) electrons. The molecule has 84 valence electrons. The average molecular weight is 244 g/mol. The molecular formula is C13H10ClN3. The summed E-state index contributed by atoms with van der Waals surface area (Å²) in [7, 11) is 0. The number of hydrogen-bond acceptors (Lipinski definition) is 2. The van der Waals surface area contributed by atoms with Gasteiger partial charge < -0.3 is 4.98 Å². The third kappa shape index (κ3) is 1.78. The summed E-state index contributed by atoms with van der Waals surface area (Å²) in [5, 5.41) is 0.609. The van der Waals surface area contributed by atoms with Crippen LogP contribution in [0.4, 0.5) is 0 Å². The normalized spacial score (nSPS) is 10.9. The molecule has 3 nitrogen and oxygen atoms in total. The van der Waals surface area contributed by atoms with Crippen LogP contribution in [0.1, 0.15) is 5.56 Å². The van der Waals surface area contributed by atoms with Crippen molar-refractivity contribution in [3.63, 3.8) is 0 Å². The van der Waals surface area contributed by atoms with Gasteiger partial charge in [-0.2, -0.15) is 0 Å². The van der Waals surface area contributed by atoms with Crippen molar-refractivity contribution >= 4 is 22.8 Å². The highest BCUT2D eigenvalue weighted by atomic mass is 35.5. The number of pyridine rings is 1. The molecule has 1 N–H and O–H groups in total. The van der Waals surface area contributed by atoms with Gasteiger partial charge in [0, 0.05) is 11.8 Å². The van der Waals surface area contributed by atoms with Crippen LogP contribution in [0.15, 0.2) is 36.5 Å². The van der Waals surface area contributed by atoms with Crippen molar-refractivity contribution in [3.8, 4) is 11.4 Å². The van der Waals surface area contributed by atoms with E-state index in [9.17, 15) is 0 Å². The Bertz CT molecular complexity index is 688. The van der Waals surface area contributed by atoms with Crippen molar-refractivity contribution in [2.24, 2.45) is 0 Å². The number of fused-ring (bicyclic) bond motifs is 1. The predicted octanol–water partition coefficient (Wildman–Crippen LogP) is 3.59. The first-order valence-electron chi connectivity index (χ1n) is 5.31. The van der Waals surface area contributed by atoms with Gasteiger partial charge in [-0.25, -0.2) is 9.97 Å². The lowest BCUT2D eigenvalue weighted by Gasteiger charge is -2.00. The predicted molar refractivity (Wildman–Crippen MR) is 69.1 cm³/mol. The molecule has 4 heteroatoms. The number of nitrogens with zero attached hydrogens (tertiary/aromatic N) is 2. The SMILES string of the molecule is Cc1ccccc1-c1nc2ncc(Cl)cc2[nH]1. The van der Waals surface area contributed by atoms with Crippen LogP contribution in [0.3, 0.4) is 0 Å². The van der Waals surface area contributed by atoms with Gasteiger partial charge in [-0.3, -0.25) is 0 Å². The summed E-state index contributed by atoms with van der Waals surface area (Å²) in [6, 6.07) is 9.93. The van der Waals surface area contributed by atoms with Crippen LogP contribution in [0.5, 0.6) is 0 Å². The average Bonchev–Trinajstić information content (AvgIpc) is 2.72. The standard InChI is InChI=1S/C13H10ClN3/c1-8-4-2-3-5-10(8)12-16-11-6-9(14)7-15-13(11)17-12/h2-7H,1H3,(H,15,16,17). The van der Waals surface area contributed by atoms with Gasteiger partial charge in [0.15, 0.2) is 5.65 Å². The Kier molecular flexibility index (Phi) is 2.34. The first-order chi connectivity index (χ1) is 8.24. The molecule has 0 unspecified atom stereocenters. The fourth-order valence-electron chi connectivity index (χ4n) is 1.84. The zero-order chi connectivity index (χ0) is 11.8. The quantitative estimate of drug-likeness (QED) is 0.710. The first-order valence-corrected chi connectivity index (χ1v) is 5.69. The van der Waals surface area contributed by atoms with Crippen LogP contribution < -0.4 is 0 Å². The number of H-pyrrole nitrogens is 1. The maximum Gasteiger partial charge on any atom is 0.178 e. The minimum absolute atomic E-state index is 0.609. The van der Waals surface area contributed by atoms with Crippen molar-refractivity contribution < 1.29 is 0 Å². The van der Waals surface area contributed by atoms with Gasteiger partial charge >= 0.3 is 0 Å². The Hall–Kier alpha value is -1.87. The van der Waals surface area contributed by atoms with Gasteiger partial charge in [0.1, 0.15) is 5.82 Å². The fraction of sp³-hybridized carbons (Fsp3) is 0.0769. The number of rotatable bonds is 1. The number of aromatic amines is 1. The zero-order valence-corrected chi connectivity index (χ0v) is 9.99. The molecule has 17 heavy (non-hydrogen) atoms. The number of imidazole rings is 1. The highest BCUT2D eigenvalue weighted by Crippen LogP contribution is 2.23. The van der Waals surface area contributed by atoms with E-state index in [2.05, 4.69) is 27.9 Å². The Morgan fingerprint density at radius 3 is 2.88 bits per heavy atom. The molecule has 0 aliphatic heterocycles. The molecule has 0 atom stereocenters. The Labute approximate surface area is 103 Å². The van der Waals surface area contributed by atoms with E-state index in [-0.39, 0.29) is 0 Å². The minimum Gasteiger partial charge on any atom is -0.337 e. The van der Waals surface area contributed by atoms with Crippen molar-refractivity contribution in [2.45, 2.75) is 6.92 Å². The van der Waals surface area contributed by atoms with E-state index in [0.29, 0.717) is 10.7 Å². The van der Waals surface area contributed by atoms with Gasteiger partial charge in [-0.1, -0.05) is 35.9 Å².